The molecule has 1 atom stereocenters. The molecule has 0 spiro atoms. The number of para-hydroxylation sites is 1. The molecule has 0 radical (unpaired) electrons. The summed E-state index contributed by atoms with van der Waals surface area (Å²) in [4.78, 5) is 16.9. The van der Waals surface area contributed by atoms with E-state index in [4.69, 9.17) is 16.3 Å². The Morgan fingerprint density at radius 2 is 2.19 bits per heavy atom. The third-order valence-electron chi connectivity index (χ3n) is 3.46. The fourth-order valence-electron chi connectivity index (χ4n) is 2.27. The number of ether oxygens (including phenoxy) is 1. The summed E-state index contributed by atoms with van der Waals surface area (Å²) >= 11 is 7.35. The van der Waals surface area contributed by atoms with Crippen LogP contribution in [-0.2, 0) is 9.53 Å². The Labute approximate surface area is 161 Å². The van der Waals surface area contributed by atoms with Gasteiger partial charge in [-0.15, -0.1) is 11.3 Å². The molecule has 144 valence electrons. The molecule has 1 aliphatic heterocycles. The number of benzene rings is 1. The number of nitrogens with one attached hydrogen (secondary N) is 2. The van der Waals surface area contributed by atoms with E-state index < -0.39 is 24.7 Å². The summed E-state index contributed by atoms with van der Waals surface area (Å²) in [5.41, 5.74) is 2.55. The van der Waals surface area contributed by atoms with Crippen LogP contribution < -0.4 is 15.8 Å². The maximum Gasteiger partial charge on any atom is 0.409 e. The summed E-state index contributed by atoms with van der Waals surface area (Å²) in [7, 11) is 0. The number of carbonyl (C=O) groups excluding carboxylic acids is 1. The quantitative estimate of drug-likeness (QED) is 0.772. The van der Waals surface area contributed by atoms with Crippen LogP contribution in [-0.4, -0.2) is 29.7 Å². The highest BCUT2D eigenvalue weighted by molar-refractivity contribution is 7.15. The lowest BCUT2D eigenvalue weighted by Gasteiger charge is -2.25. The second-order valence-electron chi connectivity index (χ2n) is 5.55. The van der Waals surface area contributed by atoms with E-state index in [1.165, 1.54) is 23.5 Å². The van der Waals surface area contributed by atoms with Crippen molar-refractivity contribution in [1.29, 1.82) is 0 Å². The van der Waals surface area contributed by atoms with E-state index in [2.05, 4.69) is 15.7 Å². The molecule has 27 heavy (non-hydrogen) atoms. The second kappa shape index (κ2) is 7.75. The Morgan fingerprint density at radius 3 is 2.81 bits per heavy atom. The highest BCUT2D eigenvalue weighted by atomic mass is 35.5. The Hall–Kier alpha value is -2.30. The summed E-state index contributed by atoms with van der Waals surface area (Å²) < 4.78 is 44.6. The fourth-order valence-corrected chi connectivity index (χ4v) is 3.17. The topological polar surface area (TPSA) is 66.5 Å². The molecule has 1 aromatic carbocycles. The van der Waals surface area contributed by atoms with Gasteiger partial charge in [0, 0.05) is 17.2 Å². The number of hydrogen-bond acceptors (Lipinski definition) is 6. The number of amides is 1. The number of anilines is 2. The third kappa shape index (κ3) is 4.71. The summed E-state index contributed by atoms with van der Waals surface area (Å²) in [5, 5.41) is 4.21. The molecule has 6 nitrogen and oxygen atoms in total. The fraction of sp³-hybridized carbons (Fsp3) is 0.250. The van der Waals surface area contributed by atoms with E-state index in [1.54, 1.807) is 18.3 Å². The van der Waals surface area contributed by atoms with Gasteiger partial charge in [-0.2, -0.15) is 13.2 Å². The molecule has 3 rings (SSSR count). The average Bonchev–Trinajstić information content (AvgIpc) is 3.19. The van der Waals surface area contributed by atoms with Crippen LogP contribution in [0, 0.1) is 6.92 Å². The standard InChI is InChI=1S/C16H14ClF3N4O2S/c1-9-7-21-15(27-9)22-13(25)8-26-14-6-12(16(18,19)20)23-24(14)11-5-3-2-4-10(11)17/h2-7,12,23H,8H2,1H3,(H,21,22,25). The van der Waals surface area contributed by atoms with Gasteiger partial charge >= 0.3 is 6.18 Å². The first-order chi connectivity index (χ1) is 12.7. The Bertz CT molecular complexity index is 871. The molecule has 2 heterocycles. The van der Waals surface area contributed by atoms with E-state index in [0.717, 1.165) is 16.0 Å². The molecule has 11 heteroatoms. The van der Waals surface area contributed by atoms with Gasteiger partial charge < -0.3 is 4.74 Å². The van der Waals surface area contributed by atoms with Crippen LogP contribution in [0.5, 0.6) is 0 Å². The summed E-state index contributed by atoms with van der Waals surface area (Å²) in [6.45, 7) is 1.34. The van der Waals surface area contributed by atoms with E-state index in [0.29, 0.717) is 5.13 Å². The lowest BCUT2D eigenvalue weighted by atomic mass is 10.3. The molecule has 0 bridgehead atoms. The van der Waals surface area contributed by atoms with Crippen molar-refractivity contribution in [3.05, 3.63) is 52.3 Å². The van der Waals surface area contributed by atoms with E-state index in [9.17, 15) is 18.0 Å². The van der Waals surface area contributed by atoms with Crippen LogP contribution in [0.25, 0.3) is 0 Å². The van der Waals surface area contributed by atoms with Crippen molar-refractivity contribution in [2.24, 2.45) is 0 Å². The zero-order valence-corrected chi connectivity index (χ0v) is 15.5. The van der Waals surface area contributed by atoms with Gasteiger partial charge in [-0.3, -0.25) is 10.1 Å². The van der Waals surface area contributed by atoms with Crippen molar-refractivity contribution in [2.75, 3.05) is 16.9 Å². The van der Waals surface area contributed by atoms with Gasteiger partial charge in [0.15, 0.2) is 11.7 Å². The first kappa shape index (κ1) is 19.5. The van der Waals surface area contributed by atoms with Gasteiger partial charge in [0.25, 0.3) is 5.91 Å². The van der Waals surface area contributed by atoms with E-state index in [-0.39, 0.29) is 16.6 Å². The number of hydrazine groups is 1. The first-order valence-corrected chi connectivity index (χ1v) is 8.88. The Morgan fingerprint density at radius 1 is 1.44 bits per heavy atom. The van der Waals surface area contributed by atoms with Crippen LogP contribution in [0.1, 0.15) is 4.88 Å². The number of thiazole rings is 1. The lowest BCUT2D eigenvalue weighted by molar-refractivity contribution is -0.142. The summed E-state index contributed by atoms with van der Waals surface area (Å²) in [6, 6.07) is 4.38. The molecule has 0 saturated heterocycles. The van der Waals surface area contributed by atoms with Gasteiger partial charge in [0.2, 0.25) is 5.88 Å². The number of nitrogens with zero attached hydrogens (tertiary/aromatic N) is 2. The maximum atomic E-state index is 13.1. The zero-order chi connectivity index (χ0) is 19.6. The summed E-state index contributed by atoms with van der Waals surface area (Å²) in [6.07, 6.45) is -2.09. The first-order valence-electron chi connectivity index (χ1n) is 7.68. The second-order valence-corrected chi connectivity index (χ2v) is 7.19. The molecule has 0 fully saturated rings. The predicted molar refractivity (Wildman–Crippen MR) is 96.4 cm³/mol. The molecular formula is C16H14ClF3N4O2S. The smallest absolute Gasteiger partial charge is 0.409 e. The largest absolute Gasteiger partial charge is 0.468 e. The number of hydrogen-bond donors (Lipinski definition) is 2. The monoisotopic (exact) mass is 418 g/mol. The lowest BCUT2D eigenvalue weighted by Crippen LogP contribution is -2.45. The summed E-state index contributed by atoms with van der Waals surface area (Å²) in [5.74, 6) is -0.712. The molecule has 2 N–H and O–H groups in total. The van der Waals surface area contributed by atoms with Crippen molar-refractivity contribution in [3.8, 4) is 0 Å². The molecule has 0 aliphatic carbocycles. The SMILES string of the molecule is Cc1cnc(NC(=O)COC2=CC(C(F)(F)F)NN2c2ccccc2Cl)s1. The molecule has 1 aromatic heterocycles. The molecule has 1 aliphatic rings. The van der Waals surface area contributed by atoms with Crippen LogP contribution in [0.3, 0.4) is 0 Å². The predicted octanol–water partition coefficient (Wildman–Crippen LogP) is 3.86. The van der Waals surface area contributed by atoms with Gasteiger partial charge in [-0.1, -0.05) is 23.7 Å². The number of halogens is 4. The minimum Gasteiger partial charge on any atom is -0.468 e. The number of carbonyl (C=O) groups is 1. The van der Waals surface area contributed by atoms with Crippen molar-refractivity contribution >= 4 is 39.7 Å². The third-order valence-corrected chi connectivity index (χ3v) is 4.61. The van der Waals surface area contributed by atoms with Crippen LogP contribution in [0.15, 0.2) is 42.4 Å². The van der Waals surface area contributed by atoms with Crippen LogP contribution >= 0.6 is 22.9 Å². The van der Waals surface area contributed by atoms with Crippen molar-refractivity contribution in [1.82, 2.24) is 10.4 Å². The van der Waals surface area contributed by atoms with Crippen molar-refractivity contribution < 1.29 is 22.7 Å². The number of aromatic nitrogens is 1. The molecule has 2 aromatic rings. The zero-order valence-electron chi connectivity index (χ0n) is 13.9. The van der Waals surface area contributed by atoms with Gasteiger partial charge in [-0.05, 0) is 19.1 Å². The van der Waals surface area contributed by atoms with Gasteiger partial charge in [-0.25, -0.2) is 15.4 Å². The van der Waals surface area contributed by atoms with Crippen molar-refractivity contribution in [3.63, 3.8) is 0 Å². The average molecular weight is 419 g/mol. The van der Waals surface area contributed by atoms with Gasteiger partial charge in [0.1, 0.15) is 6.04 Å². The van der Waals surface area contributed by atoms with Crippen molar-refractivity contribution in [2.45, 2.75) is 19.1 Å². The maximum absolute atomic E-state index is 13.1. The molecule has 1 unspecified atom stereocenters. The minimum atomic E-state index is -4.54. The highest BCUT2D eigenvalue weighted by Crippen LogP contribution is 2.33. The number of rotatable bonds is 5. The number of aryl methyl sites for hydroxylation is 1. The normalized spacial score (nSPS) is 17.0. The van der Waals surface area contributed by atoms with Gasteiger partial charge in [0.05, 0.1) is 10.7 Å². The Kier molecular flexibility index (Phi) is 5.59. The van der Waals surface area contributed by atoms with E-state index >= 15 is 0 Å². The Balaban J connectivity index is 1.73. The molecule has 1 amide bonds. The van der Waals surface area contributed by atoms with E-state index in [1.807, 2.05) is 6.92 Å². The van der Waals surface area contributed by atoms with Crippen LogP contribution in [0.2, 0.25) is 5.02 Å². The molecule has 0 saturated carbocycles. The molecular weight excluding hydrogens is 405 g/mol. The number of alkyl halides is 3. The minimum absolute atomic E-state index is 0.170. The van der Waals surface area contributed by atoms with Crippen LogP contribution in [0.4, 0.5) is 24.0 Å². The highest BCUT2D eigenvalue weighted by Gasteiger charge is 2.44.